The van der Waals surface area contributed by atoms with Crippen LogP contribution in [0.4, 0.5) is 0 Å². The van der Waals surface area contributed by atoms with Gasteiger partial charge in [0.05, 0.1) is 6.26 Å². The fourth-order valence-electron chi connectivity index (χ4n) is 2.13. The van der Waals surface area contributed by atoms with Gasteiger partial charge in [-0.25, -0.2) is 0 Å². The zero-order valence-electron chi connectivity index (χ0n) is 11.4. The third kappa shape index (κ3) is 4.23. The molecule has 2 rings (SSSR count). The molecule has 0 amide bonds. The molecule has 0 radical (unpaired) electrons. The van der Waals surface area contributed by atoms with Crippen molar-refractivity contribution in [3.63, 3.8) is 0 Å². The second-order valence-corrected chi connectivity index (χ2v) is 4.95. The molecule has 0 saturated heterocycles. The van der Waals surface area contributed by atoms with E-state index in [1.54, 1.807) is 6.26 Å². The van der Waals surface area contributed by atoms with Gasteiger partial charge in [-0.1, -0.05) is 37.3 Å². The summed E-state index contributed by atoms with van der Waals surface area (Å²) in [4.78, 5) is 0. The highest BCUT2D eigenvalue weighted by atomic mass is 16.3. The summed E-state index contributed by atoms with van der Waals surface area (Å²) in [5, 5.41) is 3.43. The summed E-state index contributed by atoms with van der Waals surface area (Å²) < 4.78 is 5.29. The van der Waals surface area contributed by atoms with Gasteiger partial charge in [-0.2, -0.15) is 0 Å². The molecule has 19 heavy (non-hydrogen) atoms. The van der Waals surface area contributed by atoms with E-state index in [1.165, 1.54) is 5.56 Å². The standard InChI is InChI=1S/C16H22N2O/c1-13(16(17)14-6-3-2-4-7-14)12-18-10-9-15-8-5-11-19-15/h2-8,11,13,16,18H,9-10,12,17H2,1H3. The van der Waals surface area contributed by atoms with Crippen molar-refractivity contribution in [1.29, 1.82) is 0 Å². The molecule has 2 aromatic rings. The first-order valence-corrected chi connectivity index (χ1v) is 6.81. The lowest BCUT2D eigenvalue weighted by Crippen LogP contribution is -2.30. The third-order valence-electron chi connectivity index (χ3n) is 3.39. The maximum absolute atomic E-state index is 6.26. The van der Waals surface area contributed by atoms with Gasteiger partial charge in [-0.15, -0.1) is 0 Å². The van der Waals surface area contributed by atoms with Crippen molar-refractivity contribution >= 4 is 0 Å². The van der Waals surface area contributed by atoms with E-state index in [0.717, 1.165) is 25.3 Å². The molecular formula is C16H22N2O. The van der Waals surface area contributed by atoms with E-state index < -0.39 is 0 Å². The maximum Gasteiger partial charge on any atom is 0.105 e. The number of furan rings is 1. The molecule has 0 fully saturated rings. The molecule has 3 N–H and O–H groups in total. The van der Waals surface area contributed by atoms with Crippen LogP contribution in [0.15, 0.2) is 53.1 Å². The number of hydrogen-bond acceptors (Lipinski definition) is 3. The van der Waals surface area contributed by atoms with Gasteiger partial charge in [-0.3, -0.25) is 0 Å². The largest absolute Gasteiger partial charge is 0.469 e. The lowest BCUT2D eigenvalue weighted by Gasteiger charge is -2.20. The molecule has 3 heteroatoms. The van der Waals surface area contributed by atoms with Crippen LogP contribution in [0, 0.1) is 5.92 Å². The smallest absolute Gasteiger partial charge is 0.105 e. The normalized spacial score (nSPS) is 14.2. The fourth-order valence-corrected chi connectivity index (χ4v) is 2.13. The van der Waals surface area contributed by atoms with Gasteiger partial charge in [0, 0.05) is 19.0 Å². The lowest BCUT2D eigenvalue weighted by atomic mass is 9.95. The van der Waals surface area contributed by atoms with Crippen molar-refractivity contribution < 1.29 is 4.42 Å². The first-order chi connectivity index (χ1) is 9.27. The van der Waals surface area contributed by atoms with E-state index >= 15 is 0 Å². The highest BCUT2D eigenvalue weighted by molar-refractivity contribution is 5.19. The van der Waals surface area contributed by atoms with Gasteiger partial charge in [0.2, 0.25) is 0 Å². The van der Waals surface area contributed by atoms with Crippen LogP contribution >= 0.6 is 0 Å². The second kappa shape index (κ2) is 7.12. The molecule has 0 saturated carbocycles. The van der Waals surface area contributed by atoms with E-state index in [1.807, 2.05) is 30.3 Å². The average Bonchev–Trinajstić information content (AvgIpc) is 2.96. The number of benzene rings is 1. The Balaban J connectivity index is 1.70. The Bertz CT molecular complexity index is 453. The Morgan fingerprint density at radius 2 is 1.95 bits per heavy atom. The molecule has 1 aromatic carbocycles. The van der Waals surface area contributed by atoms with E-state index in [2.05, 4.69) is 24.4 Å². The number of hydrogen-bond donors (Lipinski definition) is 2. The Kier molecular flexibility index (Phi) is 5.19. The Morgan fingerprint density at radius 3 is 2.63 bits per heavy atom. The van der Waals surface area contributed by atoms with Gasteiger partial charge in [0.25, 0.3) is 0 Å². The first-order valence-electron chi connectivity index (χ1n) is 6.81. The molecule has 0 aliphatic carbocycles. The summed E-state index contributed by atoms with van der Waals surface area (Å²) in [6.45, 7) is 4.01. The lowest BCUT2D eigenvalue weighted by molar-refractivity contribution is 0.428. The minimum atomic E-state index is 0.0808. The SMILES string of the molecule is CC(CNCCc1ccco1)C(N)c1ccccc1. The number of nitrogens with one attached hydrogen (secondary N) is 1. The van der Waals surface area contributed by atoms with E-state index in [0.29, 0.717) is 5.92 Å². The molecular weight excluding hydrogens is 236 g/mol. The summed E-state index contributed by atoms with van der Waals surface area (Å²) in [5.74, 6) is 1.42. The van der Waals surface area contributed by atoms with Crippen molar-refractivity contribution in [2.45, 2.75) is 19.4 Å². The predicted molar refractivity (Wildman–Crippen MR) is 77.8 cm³/mol. The molecule has 0 aliphatic rings. The maximum atomic E-state index is 6.26. The predicted octanol–water partition coefficient (Wildman–Crippen LogP) is 2.75. The molecule has 0 bridgehead atoms. The molecule has 2 atom stereocenters. The van der Waals surface area contributed by atoms with E-state index in [9.17, 15) is 0 Å². The van der Waals surface area contributed by atoms with Gasteiger partial charge in [-0.05, 0) is 30.2 Å². The Hall–Kier alpha value is -1.58. The first kappa shape index (κ1) is 13.8. The molecule has 0 aliphatic heterocycles. The Labute approximate surface area is 114 Å². The van der Waals surface area contributed by atoms with Crippen LogP contribution in [0.1, 0.15) is 24.3 Å². The third-order valence-corrected chi connectivity index (χ3v) is 3.39. The minimum Gasteiger partial charge on any atom is -0.469 e. The zero-order chi connectivity index (χ0) is 13.5. The van der Waals surface area contributed by atoms with Crippen molar-refractivity contribution in [2.24, 2.45) is 11.7 Å². The van der Waals surface area contributed by atoms with Gasteiger partial charge in [0.15, 0.2) is 0 Å². The highest BCUT2D eigenvalue weighted by Gasteiger charge is 2.13. The molecule has 2 unspecified atom stereocenters. The summed E-state index contributed by atoms with van der Waals surface area (Å²) in [6, 6.07) is 14.3. The second-order valence-electron chi connectivity index (χ2n) is 4.95. The minimum absolute atomic E-state index is 0.0808. The molecule has 3 nitrogen and oxygen atoms in total. The number of nitrogens with two attached hydrogens (primary N) is 1. The van der Waals surface area contributed by atoms with Crippen LogP contribution in [0.3, 0.4) is 0 Å². The van der Waals surface area contributed by atoms with Crippen molar-refractivity contribution in [3.05, 3.63) is 60.1 Å². The van der Waals surface area contributed by atoms with Crippen molar-refractivity contribution in [3.8, 4) is 0 Å². The fraction of sp³-hybridized carbons (Fsp3) is 0.375. The quantitative estimate of drug-likeness (QED) is 0.751. The van der Waals surface area contributed by atoms with Gasteiger partial charge >= 0.3 is 0 Å². The monoisotopic (exact) mass is 258 g/mol. The van der Waals surface area contributed by atoms with E-state index in [-0.39, 0.29) is 6.04 Å². The topological polar surface area (TPSA) is 51.2 Å². The van der Waals surface area contributed by atoms with E-state index in [4.69, 9.17) is 10.2 Å². The summed E-state index contributed by atoms with van der Waals surface area (Å²) in [5.41, 5.74) is 7.45. The van der Waals surface area contributed by atoms with Crippen LogP contribution in [0.25, 0.3) is 0 Å². The molecule has 1 aromatic heterocycles. The summed E-state index contributed by atoms with van der Waals surface area (Å²) >= 11 is 0. The van der Waals surface area contributed by atoms with Crippen LogP contribution in [-0.2, 0) is 6.42 Å². The average molecular weight is 258 g/mol. The molecule has 1 heterocycles. The van der Waals surface area contributed by atoms with Crippen LogP contribution in [-0.4, -0.2) is 13.1 Å². The Morgan fingerprint density at radius 1 is 1.16 bits per heavy atom. The summed E-state index contributed by atoms with van der Waals surface area (Å²) in [7, 11) is 0. The highest BCUT2D eigenvalue weighted by Crippen LogP contribution is 2.18. The van der Waals surface area contributed by atoms with Crippen LogP contribution in [0.5, 0.6) is 0 Å². The zero-order valence-corrected chi connectivity index (χ0v) is 11.4. The summed E-state index contributed by atoms with van der Waals surface area (Å²) in [6.07, 6.45) is 2.63. The van der Waals surface area contributed by atoms with Gasteiger partial charge < -0.3 is 15.5 Å². The van der Waals surface area contributed by atoms with Gasteiger partial charge in [0.1, 0.15) is 5.76 Å². The van der Waals surface area contributed by atoms with Crippen LogP contribution in [0.2, 0.25) is 0 Å². The molecule has 0 spiro atoms. The number of rotatable bonds is 7. The molecule has 102 valence electrons. The van der Waals surface area contributed by atoms with Crippen LogP contribution < -0.4 is 11.1 Å². The van der Waals surface area contributed by atoms with Crippen molar-refractivity contribution in [1.82, 2.24) is 5.32 Å². The van der Waals surface area contributed by atoms with Crippen molar-refractivity contribution in [2.75, 3.05) is 13.1 Å².